The predicted molar refractivity (Wildman–Crippen MR) is 78.1 cm³/mol. The lowest BCUT2D eigenvalue weighted by Crippen LogP contribution is -2.29. The minimum atomic E-state index is -4.72. The number of halogens is 3. The molecule has 0 N–H and O–H groups in total. The number of rotatable bonds is 4. The quantitative estimate of drug-likeness (QED) is 0.804. The molecule has 0 unspecified atom stereocenters. The number of imidazole rings is 1. The fraction of sp³-hybridized carbons (Fsp3) is 0.615. The Morgan fingerprint density at radius 1 is 1.36 bits per heavy atom. The van der Waals surface area contributed by atoms with Crippen LogP contribution in [0.5, 0.6) is 0 Å². The molecule has 3 heterocycles. The summed E-state index contributed by atoms with van der Waals surface area (Å²) in [5.41, 5.74) is 0. The second-order valence-corrected chi connectivity index (χ2v) is 7.60. The highest BCUT2D eigenvalue weighted by atomic mass is 32.2. The molecule has 8 nitrogen and oxygen atoms in total. The summed E-state index contributed by atoms with van der Waals surface area (Å²) in [6.07, 6.45) is -2.96. The number of alkyl halides is 3. The average molecular weight is 379 g/mol. The Labute approximate surface area is 141 Å². The van der Waals surface area contributed by atoms with Gasteiger partial charge in [-0.15, -0.1) is 0 Å². The molecule has 3 rings (SSSR count). The third kappa shape index (κ3) is 3.27. The van der Waals surface area contributed by atoms with E-state index in [1.54, 1.807) is 11.5 Å². The summed E-state index contributed by atoms with van der Waals surface area (Å²) in [5, 5.41) is 3.27. The lowest BCUT2D eigenvalue weighted by Gasteiger charge is -2.13. The van der Waals surface area contributed by atoms with Crippen molar-refractivity contribution >= 4 is 10.0 Å². The summed E-state index contributed by atoms with van der Waals surface area (Å²) in [5.74, 6) is -1.55. The normalized spacial score (nSPS) is 19.6. The number of sulfonamides is 1. The molecule has 0 saturated carbocycles. The van der Waals surface area contributed by atoms with Gasteiger partial charge in [0.15, 0.2) is 10.9 Å². The highest BCUT2D eigenvalue weighted by Gasteiger charge is 2.41. The van der Waals surface area contributed by atoms with Gasteiger partial charge in [-0.3, -0.25) is 0 Å². The molecule has 138 valence electrons. The van der Waals surface area contributed by atoms with Crippen LogP contribution in [0.25, 0.3) is 0 Å². The number of nitrogens with zero attached hydrogens (tertiary/aromatic N) is 5. The van der Waals surface area contributed by atoms with Gasteiger partial charge in [-0.2, -0.15) is 22.5 Å². The van der Waals surface area contributed by atoms with Crippen LogP contribution in [0.1, 0.15) is 36.8 Å². The van der Waals surface area contributed by atoms with Crippen molar-refractivity contribution in [2.24, 2.45) is 0 Å². The largest absolute Gasteiger partial charge is 0.471 e. The van der Waals surface area contributed by atoms with Crippen molar-refractivity contribution < 1.29 is 26.1 Å². The van der Waals surface area contributed by atoms with Gasteiger partial charge < -0.3 is 9.09 Å². The van der Waals surface area contributed by atoms with Crippen LogP contribution >= 0.6 is 0 Å². The van der Waals surface area contributed by atoms with Crippen LogP contribution in [-0.4, -0.2) is 45.5 Å². The van der Waals surface area contributed by atoms with Gasteiger partial charge in [0.25, 0.3) is 10.0 Å². The zero-order valence-corrected chi connectivity index (χ0v) is 14.3. The number of aryl methyl sites for hydroxylation is 2. The first-order valence-corrected chi connectivity index (χ1v) is 9.01. The van der Waals surface area contributed by atoms with Crippen LogP contribution in [0, 0.1) is 6.92 Å². The minimum Gasteiger partial charge on any atom is -0.334 e. The van der Waals surface area contributed by atoms with E-state index in [2.05, 4.69) is 19.6 Å². The third-order valence-electron chi connectivity index (χ3n) is 4.10. The summed E-state index contributed by atoms with van der Waals surface area (Å²) in [7, 11) is -3.82. The first-order valence-electron chi connectivity index (χ1n) is 7.57. The Balaban J connectivity index is 1.78. The molecule has 25 heavy (non-hydrogen) atoms. The fourth-order valence-electron chi connectivity index (χ4n) is 2.73. The Kier molecular flexibility index (Phi) is 4.35. The molecule has 0 aromatic carbocycles. The monoisotopic (exact) mass is 379 g/mol. The van der Waals surface area contributed by atoms with E-state index in [-0.39, 0.29) is 23.9 Å². The van der Waals surface area contributed by atoms with Crippen molar-refractivity contribution in [1.82, 2.24) is 24.0 Å². The Bertz CT molecular complexity index is 874. The van der Waals surface area contributed by atoms with Gasteiger partial charge in [0.05, 0.1) is 0 Å². The molecule has 2 aromatic heterocycles. The summed E-state index contributed by atoms with van der Waals surface area (Å²) in [6, 6.07) is 0. The first-order chi connectivity index (χ1) is 11.6. The third-order valence-corrected chi connectivity index (χ3v) is 5.84. The zero-order chi connectivity index (χ0) is 18.4. The van der Waals surface area contributed by atoms with E-state index in [1.807, 2.05) is 6.92 Å². The molecule has 12 heteroatoms. The van der Waals surface area contributed by atoms with Gasteiger partial charge in [-0.25, -0.2) is 13.4 Å². The van der Waals surface area contributed by atoms with Crippen molar-refractivity contribution in [3.63, 3.8) is 0 Å². The number of hydrogen-bond donors (Lipinski definition) is 0. The van der Waals surface area contributed by atoms with Crippen LogP contribution < -0.4 is 0 Å². The van der Waals surface area contributed by atoms with Crippen LogP contribution in [0.4, 0.5) is 13.2 Å². The topological polar surface area (TPSA) is 94.1 Å². The lowest BCUT2D eigenvalue weighted by molar-refractivity contribution is -0.159. The standard InChI is InChI=1S/C13H16F3N5O3S/c1-3-20-7-10(17-8(20)2)25(22,23)21-5-4-9(6-21)11-18-12(24-19-11)13(14,15)16/h7,9H,3-6H2,1-2H3/t9-/m1/s1. The van der Waals surface area contributed by atoms with Crippen LogP contribution in [0.2, 0.25) is 0 Å². The molecule has 0 aliphatic carbocycles. The van der Waals surface area contributed by atoms with Crippen molar-refractivity contribution in [2.75, 3.05) is 13.1 Å². The van der Waals surface area contributed by atoms with Crippen LogP contribution in [-0.2, 0) is 22.7 Å². The fourth-order valence-corrected chi connectivity index (χ4v) is 4.22. The second-order valence-electron chi connectivity index (χ2n) is 5.72. The summed E-state index contributed by atoms with van der Waals surface area (Å²) in [4.78, 5) is 7.41. The second kappa shape index (κ2) is 6.09. The van der Waals surface area contributed by atoms with E-state index in [1.165, 1.54) is 10.5 Å². The van der Waals surface area contributed by atoms with Crippen molar-refractivity contribution in [2.45, 2.75) is 43.9 Å². The Hall–Kier alpha value is -1.95. The molecule has 1 aliphatic rings. The van der Waals surface area contributed by atoms with E-state index in [4.69, 9.17) is 0 Å². The van der Waals surface area contributed by atoms with Crippen molar-refractivity contribution in [1.29, 1.82) is 0 Å². The van der Waals surface area contributed by atoms with Crippen molar-refractivity contribution in [3.05, 3.63) is 23.7 Å². The van der Waals surface area contributed by atoms with Gasteiger partial charge in [-0.05, 0) is 20.3 Å². The van der Waals surface area contributed by atoms with Gasteiger partial charge in [0, 0.05) is 31.7 Å². The molecular formula is C13H16F3N5O3S. The van der Waals surface area contributed by atoms with Crippen molar-refractivity contribution in [3.8, 4) is 0 Å². The number of hydrogen-bond acceptors (Lipinski definition) is 6. The SMILES string of the molecule is CCn1cc(S(=O)(=O)N2CC[C@@H](c3noc(C(F)(F)F)n3)C2)nc1C. The van der Waals surface area contributed by atoms with E-state index in [9.17, 15) is 21.6 Å². The van der Waals surface area contributed by atoms with E-state index in [0.29, 0.717) is 18.8 Å². The maximum absolute atomic E-state index is 12.7. The first kappa shape index (κ1) is 17.9. The minimum absolute atomic E-state index is 0.0167. The maximum Gasteiger partial charge on any atom is 0.471 e. The summed E-state index contributed by atoms with van der Waals surface area (Å²) in [6.45, 7) is 4.29. The predicted octanol–water partition coefficient (Wildman–Crippen LogP) is 1.79. The molecule has 1 atom stereocenters. The molecule has 2 aromatic rings. The highest BCUT2D eigenvalue weighted by molar-refractivity contribution is 7.89. The van der Waals surface area contributed by atoms with E-state index in [0.717, 1.165) is 0 Å². The smallest absolute Gasteiger partial charge is 0.334 e. The molecule has 0 radical (unpaired) electrons. The van der Waals surface area contributed by atoms with Gasteiger partial charge in [-0.1, -0.05) is 5.16 Å². The Morgan fingerprint density at radius 3 is 2.64 bits per heavy atom. The molecule has 0 bridgehead atoms. The molecule has 0 amide bonds. The van der Waals surface area contributed by atoms with Gasteiger partial charge in [0.2, 0.25) is 0 Å². The molecule has 1 aliphatic heterocycles. The summed E-state index contributed by atoms with van der Waals surface area (Å²) >= 11 is 0. The average Bonchev–Trinajstić information content (AvgIpc) is 3.25. The zero-order valence-electron chi connectivity index (χ0n) is 13.5. The van der Waals surface area contributed by atoms with Crippen LogP contribution in [0.15, 0.2) is 15.7 Å². The maximum atomic E-state index is 12.7. The molecular weight excluding hydrogens is 363 g/mol. The van der Waals surface area contributed by atoms with Gasteiger partial charge >= 0.3 is 12.1 Å². The molecule has 1 saturated heterocycles. The van der Waals surface area contributed by atoms with Gasteiger partial charge in [0.1, 0.15) is 5.82 Å². The molecule has 1 fully saturated rings. The lowest BCUT2D eigenvalue weighted by atomic mass is 10.1. The van der Waals surface area contributed by atoms with Crippen LogP contribution in [0.3, 0.4) is 0 Å². The summed E-state index contributed by atoms with van der Waals surface area (Å²) < 4.78 is 70.0. The van der Waals surface area contributed by atoms with E-state index >= 15 is 0 Å². The highest BCUT2D eigenvalue weighted by Crippen LogP contribution is 2.32. The van der Waals surface area contributed by atoms with E-state index < -0.39 is 28.0 Å². The molecule has 0 spiro atoms. The Morgan fingerprint density at radius 2 is 2.08 bits per heavy atom. The number of aromatic nitrogens is 4.